The highest BCUT2D eigenvalue weighted by Crippen LogP contribution is 2.31. The van der Waals surface area contributed by atoms with Gasteiger partial charge in [0, 0.05) is 27.4 Å². The molecular weight excluding hydrogens is 298 g/mol. The van der Waals surface area contributed by atoms with Crippen LogP contribution in [0.4, 0.5) is 0 Å². The van der Waals surface area contributed by atoms with E-state index in [1.807, 2.05) is 42.5 Å². The molecule has 0 bridgehead atoms. The Kier molecular flexibility index (Phi) is 4.45. The third-order valence-electron chi connectivity index (χ3n) is 3.53. The van der Waals surface area contributed by atoms with Crippen LogP contribution < -0.4 is 9.47 Å². The summed E-state index contributed by atoms with van der Waals surface area (Å²) >= 11 is 6.20. The molecule has 0 amide bonds. The van der Waals surface area contributed by atoms with Gasteiger partial charge in [-0.05, 0) is 31.0 Å². The van der Waals surface area contributed by atoms with E-state index in [4.69, 9.17) is 16.3 Å². The van der Waals surface area contributed by atoms with Crippen LogP contribution in [-0.2, 0) is 6.42 Å². The topological polar surface area (TPSA) is 36.2 Å². The molecule has 3 aromatic rings. The number of ether oxygens (including phenoxy) is 1. The summed E-state index contributed by atoms with van der Waals surface area (Å²) in [5.41, 5.74) is 1.02. The van der Waals surface area contributed by atoms with Gasteiger partial charge in [-0.3, -0.25) is 0 Å². The molecule has 0 saturated heterocycles. The molecule has 0 saturated carbocycles. The average Bonchev–Trinajstić information content (AvgIpc) is 2.54. The van der Waals surface area contributed by atoms with Gasteiger partial charge in [0.1, 0.15) is 5.75 Å². The van der Waals surface area contributed by atoms with Gasteiger partial charge in [0.25, 0.3) is 0 Å². The molecule has 0 aliphatic carbocycles. The summed E-state index contributed by atoms with van der Waals surface area (Å²) in [5.74, 6) is 0.840. The SMILES string of the molecule is [O-][n+]1cccc(CCCOc2ccc(Cl)c3ccccc23)c1. The molecule has 0 unspecified atom stereocenters. The number of hydrogen-bond acceptors (Lipinski definition) is 2. The minimum absolute atomic E-state index is 0.597. The number of rotatable bonds is 5. The third-order valence-corrected chi connectivity index (χ3v) is 3.86. The fraction of sp³-hybridized carbons (Fsp3) is 0.167. The molecule has 112 valence electrons. The molecular formula is C18H16ClNO2. The van der Waals surface area contributed by atoms with E-state index in [0.717, 1.165) is 44.7 Å². The highest BCUT2D eigenvalue weighted by Gasteiger charge is 2.05. The molecule has 0 N–H and O–H groups in total. The van der Waals surface area contributed by atoms with Gasteiger partial charge in [0.15, 0.2) is 12.4 Å². The van der Waals surface area contributed by atoms with Crippen LogP contribution in [0.25, 0.3) is 10.8 Å². The van der Waals surface area contributed by atoms with Crippen LogP contribution >= 0.6 is 11.6 Å². The maximum atomic E-state index is 11.2. The fourth-order valence-corrected chi connectivity index (χ4v) is 2.70. The molecule has 0 aliphatic rings. The highest BCUT2D eigenvalue weighted by atomic mass is 35.5. The monoisotopic (exact) mass is 313 g/mol. The van der Waals surface area contributed by atoms with Crippen molar-refractivity contribution in [1.82, 2.24) is 0 Å². The first-order valence-electron chi connectivity index (χ1n) is 7.22. The number of fused-ring (bicyclic) bond motifs is 1. The molecule has 3 rings (SSSR count). The van der Waals surface area contributed by atoms with Gasteiger partial charge >= 0.3 is 0 Å². The first-order valence-corrected chi connectivity index (χ1v) is 7.59. The van der Waals surface area contributed by atoms with Crippen LogP contribution in [0.2, 0.25) is 5.02 Å². The summed E-state index contributed by atoms with van der Waals surface area (Å²) < 4.78 is 6.70. The zero-order valence-corrected chi connectivity index (χ0v) is 12.8. The second kappa shape index (κ2) is 6.67. The Morgan fingerprint density at radius 1 is 1.00 bits per heavy atom. The molecule has 0 atom stereocenters. The van der Waals surface area contributed by atoms with Crippen LogP contribution in [0.5, 0.6) is 5.75 Å². The van der Waals surface area contributed by atoms with Crippen LogP contribution in [-0.4, -0.2) is 6.61 Å². The quantitative estimate of drug-likeness (QED) is 0.403. The maximum absolute atomic E-state index is 11.2. The van der Waals surface area contributed by atoms with Gasteiger partial charge in [0.05, 0.1) is 6.61 Å². The Balaban J connectivity index is 1.64. The van der Waals surface area contributed by atoms with Crippen molar-refractivity contribution < 1.29 is 9.47 Å². The van der Waals surface area contributed by atoms with E-state index in [2.05, 4.69) is 0 Å². The molecule has 0 fully saturated rings. The Morgan fingerprint density at radius 2 is 1.82 bits per heavy atom. The van der Waals surface area contributed by atoms with E-state index in [0.29, 0.717) is 6.61 Å². The largest absolute Gasteiger partial charge is 0.619 e. The second-order valence-corrected chi connectivity index (χ2v) is 5.52. The first-order chi connectivity index (χ1) is 10.7. The van der Waals surface area contributed by atoms with Crippen LogP contribution in [0.3, 0.4) is 0 Å². The highest BCUT2D eigenvalue weighted by molar-refractivity contribution is 6.35. The van der Waals surface area contributed by atoms with Crippen molar-refractivity contribution in [1.29, 1.82) is 0 Å². The number of aromatic nitrogens is 1. The lowest BCUT2D eigenvalue weighted by molar-refractivity contribution is -0.605. The van der Waals surface area contributed by atoms with Crippen molar-refractivity contribution in [3.05, 3.63) is 76.7 Å². The summed E-state index contributed by atoms with van der Waals surface area (Å²) in [4.78, 5) is 0. The van der Waals surface area contributed by atoms with Crippen LogP contribution in [0.1, 0.15) is 12.0 Å². The molecule has 1 heterocycles. The molecule has 0 aliphatic heterocycles. The lowest BCUT2D eigenvalue weighted by Gasteiger charge is -2.10. The Bertz CT molecular complexity index is 789. The van der Waals surface area contributed by atoms with Gasteiger partial charge in [-0.25, -0.2) is 0 Å². The van der Waals surface area contributed by atoms with E-state index in [1.54, 1.807) is 12.3 Å². The van der Waals surface area contributed by atoms with Gasteiger partial charge in [-0.1, -0.05) is 35.9 Å². The molecule has 22 heavy (non-hydrogen) atoms. The minimum atomic E-state index is 0.597. The zero-order valence-electron chi connectivity index (χ0n) is 12.0. The van der Waals surface area contributed by atoms with Crippen molar-refractivity contribution in [2.45, 2.75) is 12.8 Å². The maximum Gasteiger partial charge on any atom is 0.183 e. The van der Waals surface area contributed by atoms with Gasteiger partial charge in [-0.2, -0.15) is 4.73 Å². The number of nitrogens with zero attached hydrogens (tertiary/aromatic N) is 1. The predicted octanol–water partition coefficient (Wildman–Crippen LogP) is 4.14. The Morgan fingerprint density at radius 3 is 2.64 bits per heavy atom. The van der Waals surface area contributed by atoms with E-state index < -0.39 is 0 Å². The number of halogens is 1. The molecule has 4 heteroatoms. The van der Waals surface area contributed by atoms with Gasteiger partial charge in [0.2, 0.25) is 0 Å². The number of aryl methyl sites for hydroxylation is 1. The molecule has 3 nitrogen and oxygen atoms in total. The smallest absolute Gasteiger partial charge is 0.183 e. The average molecular weight is 314 g/mol. The van der Waals surface area contributed by atoms with Crippen LogP contribution in [0.15, 0.2) is 60.9 Å². The normalized spacial score (nSPS) is 10.8. The van der Waals surface area contributed by atoms with Crippen molar-refractivity contribution in [2.75, 3.05) is 6.61 Å². The van der Waals surface area contributed by atoms with Crippen molar-refractivity contribution >= 4 is 22.4 Å². The molecule has 0 spiro atoms. The molecule has 1 aromatic heterocycles. The van der Waals surface area contributed by atoms with E-state index in [1.165, 1.54) is 6.20 Å². The zero-order chi connectivity index (χ0) is 15.4. The van der Waals surface area contributed by atoms with Crippen molar-refractivity contribution in [3.63, 3.8) is 0 Å². The first kappa shape index (κ1) is 14.7. The third kappa shape index (κ3) is 3.31. The second-order valence-electron chi connectivity index (χ2n) is 5.12. The number of hydrogen-bond donors (Lipinski definition) is 0. The predicted molar refractivity (Wildman–Crippen MR) is 88.2 cm³/mol. The van der Waals surface area contributed by atoms with E-state index in [-0.39, 0.29) is 0 Å². The van der Waals surface area contributed by atoms with E-state index >= 15 is 0 Å². The summed E-state index contributed by atoms with van der Waals surface area (Å²) in [7, 11) is 0. The standard InChI is InChI=1S/C18H16ClNO2/c19-17-9-10-18(16-8-2-1-7-15(16)17)22-12-4-6-14-5-3-11-20(21)13-14/h1-3,5,7-11,13H,4,6,12H2. The minimum Gasteiger partial charge on any atom is -0.619 e. The lowest BCUT2D eigenvalue weighted by Crippen LogP contribution is -2.24. The van der Waals surface area contributed by atoms with Gasteiger partial charge in [-0.15, -0.1) is 0 Å². The summed E-state index contributed by atoms with van der Waals surface area (Å²) in [6.07, 6.45) is 4.74. The Hall–Kier alpha value is -2.26. The molecule has 0 radical (unpaired) electrons. The summed E-state index contributed by atoms with van der Waals surface area (Å²) in [6, 6.07) is 15.4. The summed E-state index contributed by atoms with van der Waals surface area (Å²) in [5, 5.41) is 13.9. The lowest BCUT2D eigenvalue weighted by atomic mass is 10.1. The molecule has 2 aromatic carbocycles. The van der Waals surface area contributed by atoms with Crippen molar-refractivity contribution in [2.24, 2.45) is 0 Å². The van der Waals surface area contributed by atoms with E-state index in [9.17, 15) is 5.21 Å². The van der Waals surface area contributed by atoms with Crippen LogP contribution in [0, 0.1) is 5.21 Å². The summed E-state index contributed by atoms with van der Waals surface area (Å²) in [6.45, 7) is 0.597. The van der Waals surface area contributed by atoms with Crippen molar-refractivity contribution in [3.8, 4) is 5.75 Å². The number of pyridine rings is 1. The Labute approximate surface area is 134 Å². The van der Waals surface area contributed by atoms with Gasteiger partial charge < -0.3 is 9.94 Å². The number of benzene rings is 2. The fourth-order valence-electron chi connectivity index (χ4n) is 2.47.